The van der Waals surface area contributed by atoms with Crippen molar-refractivity contribution >= 4 is 23.6 Å². The van der Waals surface area contributed by atoms with Crippen LogP contribution in [-0.2, 0) is 20.7 Å². The molecule has 0 aromatic heterocycles. The van der Waals surface area contributed by atoms with Crippen molar-refractivity contribution in [2.45, 2.75) is 20.3 Å². The predicted octanol–water partition coefficient (Wildman–Crippen LogP) is 4.15. The van der Waals surface area contributed by atoms with Crippen LogP contribution in [0.25, 0.3) is 6.08 Å². The largest absolute Gasteiger partial charge is 0.493 e. The van der Waals surface area contributed by atoms with E-state index in [1.54, 1.807) is 25.1 Å². The van der Waals surface area contributed by atoms with Gasteiger partial charge in [-0.25, -0.2) is 4.79 Å². The van der Waals surface area contributed by atoms with Gasteiger partial charge in [-0.05, 0) is 49.2 Å². The molecule has 2 aromatic rings. The Bertz CT molecular complexity index is 1100. The van der Waals surface area contributed by atoms with E-state index in [2.05, 4.69) is 6.92 Å². The van der Waals surface area contributed by atoms with Crippen molar-refractivity contribution in [2.75, 3.05) is 33.3 Å². The molecule has 0 unspecified atom stereocenters. The van der Waals surface area contributed by atoms with E-state index in [-0.39, 0.29) is 17.1 Å². The maximum absolute atomic E-state index is 13.5. The standard InChI is InChI=1S/C25H27NO6/c1-7-16-8-11-18(12-9-16)26-15(2)21(25(28)32-6)19(24(26)27)14-17-10-13-20(29-3)23(31-5)22(17)30-4/h8-14H,7H2,1-6H3/b19-14-. The van der Waals surface area contributed by atoms with Crippen LogP contribution in [0.2, 0.25) is 0 Å². The van der Waals surface area contributed by atoms with Gasteiger partial charge in [0, 0.05) is 16.9 Å². The Labute approximate surface area is 187 Å². The lowest BCUT2D eigenvalue weighted by molar-refractivity contribution is -0.136. The van der Waals surface area contributed by atoms with Crippen LogP contribution in [-0.4, -0.2) is 40.3 Å². The summed E-state index contributed by atoms with van der Waals surface area (Å²) in [5.74, 6) is 0.349. The number of aryl methyl sites for hydroxylation is 1. The Morgan fingerprint density at radius 2 is 1.59 bits per heavy atom. The summed E-state index contributed by atoms with van der Waals surface area (Å²) in [6.07, 6.45) is 2.50. The van der Waals surface area contributed by atoms with Crippen LogP contribution in [0.5, 0.6) is 17.2 Å². The fourth-order valence-corrected chi connectivity index (χ4v) is 3.77. The summed E-state index contributed by atoms with van der Waals surface area (Å²) in [6.45, 7) is 3.79. The third-order valence-electron chi connectivity index (χ3n) is 5.43. The van der Waals surface area contributed by atoms with Crippen molar-refractivity contribution < 1.29 is 28.5 Å². The van der Waals surface area contributed by atoms with E-state index < -0.39 is 5.97 Å². The fourth-order valence-electron chi connectivity index (χ4n) is 3.77. The number of allylic oxidation sites excluding steroid dienone is 1. The van der Waals surface area contributed by atoms with Crippen molar-refractivity contribution in [3.63, 3.8) is 0 Å². The number of carbonyl (C=O) groups excluding carboxylic acids is 2. The molecule has 7 nitrogen and oxygen atoms in total. The fraction of sp³-hybridized carbons (Fsp3) is 0.280. The summed E-state index contributed by atoms with van der Waals surface area (Å²) in [7, 11) is 5.82. The minimum Gasteiger partial charge on any atom is -0.493 e. The lowest BCUT2D eigenvalue weighted by Crippen LogP contribution is -2.24. The predicted molar refractivity (Wildman–Crippen MR) is 122 cm³/mol. The Hall–Kier alpha value is -3.74. The van der Waals surface area contributed by atoms with Gasteiger partial charge in [0.15, 0.2) is 11.5 Å². The normalized spacial score (nSPS) is 14.8. The van der Waals surface area contributed by atoms with Gasteiger partial charge in [-0.2, -0.15) is 0 Å². The van der Waals surface area contributed by atoms with Crippen LogP contribution in [0.1, 0.15) is 25.0 Å². The highest BCUT2D eigenvalue weighted by molar-refractivity contribution is 6.24. The molecule has 1 amide bonds. The van der Waals surface area contributed by atoms with E-state index in [1.165, 1.54) is 33.3 Å². The average molecular weight is 437 g/mol. The molecule has 0 bridgehead atoms. The summed E-state index contributed by atoms with van der Waals surface area (Å²) in [6, 6.07) is 11.1. The molecular formula is C25H27NO6. The SMILES string of the molecule is CCc1ccc(N2C(=O)/C(=C\c3ccc(OC)c(OC)c3OC)C(C(=O)OC)=C2C)cc1. The highest BCUT2D eigenvalue weighted by Crippen LogP contribution is 2.42. The highest BCUT2D eigenvalue weighted by atomic mass is 16.5. The number of benzene rings is 2. The molecule has 0 fully saturated rings. The Kier molecular flexibility index (Phi) is 6.88. The molecule has 0 spiro atoms. The molecule has 0 saturated carbocycles. The first-order chi connectivity index (χ1) is 15.4. The van der Waals surface area contributed by atoms with Crippen LogP contribution in [0.3, 0.4) is 0 Å². The van der Waals surface area contributed by atoms with Gasteiger partial charge in [0.1, 0.15) is 0 Å². The van der Waals surface area contributed by atoms with Gasteiger partial charge in [-0.3, -0.25) is 9.69 Å². The highest BCUT2D eigenvalue weighted by Gasteiger charge is 2.38. The van der Waals surface area contributed by atoms with Crippen LogP contribution < -0.4 is 19.1 Å². The monoisotopic (exact) mass is 437 g/mol. The molecule has 1 aliphatic rings. The molecule has 0 N–H and O–H groups in total. The average Bonchev–Trinajstić information content (AvgIpc) is 3.07. The summed E-state index contributed by atoms with van der Waals surface area (Å²) >= 11 is 0. The molecule has 1 heterocycles. The van der Waals surface area contributed by atoms with Crippen LogP contribution in [0.4, 0.5) is 5.69 Å². The Morgan fingerprint density at radius 3 is 2.12 bits per heavy atom. The van der Waals surface area contributed by atoms with Crippen molar-refractivity contribution in [3.8, 4) is 17.2 Å². The second-order valence-electron chi connectivity index (χ2n) is 7.09. The van der Waals surface area contributed by atoms with E-state index in [0.717, 1.165) is 12.0 Å². The molecule has 0 saturated heterocycles. The van der Waals surface area contributed by atoms with Gasteiger partial charge in [0.2, 0.25) is 5.75 Å². The van der Waals surface area contributed by atoms with Crippen LogP contribution in [0.15, 0.2) is 53.2 Å². The number of nitrogens with zero attached hydrogens (tertiary/aromatic N) is 1. The summed E-state index contributed by atoms with van der Waals surface area (Å²) in [5, 5.41) is 0. The van der Waals surface area contributed by atoms with E-state index in [0.29, 0.717) is 34.2 Å². The molecule has 0 atom stereocenters. The molecule has 0 radical (unpaired) electrons. The maximum Gasteiger partial charge on any atom is 0.340 e. The smallest absolute Gasteiger partial charge is 0.340 e. The topological polar surface area (TPSA) is 74.3 Å². The number of carbonyl (C=O) groups is 2. The van der Waals surface area contributed by atoms with Gasteiger partial charge in [-0.15, -0.1) is 0 Å². The second-order valence-corrected chi connectivity index (χ2v) is 7.09. The third-order valence-corrected chi connectivity index (χ3v) is 5.43. The minimum atomic E-state index is -0.589. The molecule has 32 heavy (non-hydrogen) atoms. The van der Waals surface area contributed by atoms with Crippen molar-refractivity contribution in [1.82, 2.24) is 0 Å². The zero-order chi connectivity index (χ0) is 23.4. The number of amides is 1. The van der Waals surface area contributed by atoms with Gasteiger partial charge >= 0.3 is 5.97 Å². The first kappa shape index (κ1) is 22.9. The number of hydrogen-bond acceptors (Lipinski definition) is 6. The molecule has 168 valence electrons. The maximum atomic E-state index is 13.5. The number of anilines is 1. The van der Waals surface area contributed by atoms with Gasteiger partial charge < -0.3 is 18.9 Å². The molecular weight excluding hydrogens is 410 g/mol. The number of ether oxygens (including phenoxy) is 4. The molecule has 2 aromatic carbocycles. The number of hydrogen-bond donors (Lipinski definition) is 0. The zero-order valence-corrected chi connectivity index (χ0v) is 19.1. The van der Waals surface area contributed by atoms with Crippen LogP contribution >= 0.6 is 0 Å². The summed E-state index contributed by atoms with van der Waals surface area (Å²) < 4.78 is 21.3. The van der Waals surface area contributed by atoms with Crippen molar-refractivity contribution in [1.29, 1.82) is 0 Å². The first-order valence-corrected chi connectivity index (χ1v) is 10.1. The number of esters is 1. The molecule has 3 rings (SSSR count). The van der Waals surface area contributed by atoms with Gasteiger partial charge in [0.25, 0.3) is 5.91 Å². The Balaban J connectivity index is 2.18. The molecule has 0 aliphatic carbocycles. The summed E-state index contributed by atoms with van der Waals surface area (Å²) in [4.78, 5) is 27.7. The van der Waals surface area contributed by atoms with E-state index in [9.17, 15) is 9.59 Å². The van der Waals surface area contributed by atoms with Gasteiger partial charge in [-0.1, -0.05) is 19.1 Å². The minimum absolute atomic E-state index is 0.203. The van der Waals surface area contributed by atoms with Crippen LogP contribution in [0, 0.1) is 0 Å². The van der Waals surface area contributed by atoms with E-state index in [1.807, 2.05) is 24.3 Å². The second kappa shape index (κ2) is 9.60. The zero-order valence-electron chi connectivity index (χ0n) is 19.1. The number of rotatable bonds is 7. The Morgan fingerprint density at radius 1 is 0.938 bits per heavy atom. The van der Waals surface area contributed by atoms with Crippen molar-refractivity contribution in [3.05, 3.63) is 64.4 Å². The quantitative estimate of drug-likeness (QED) is 0.479. The lowest BCUT2D eigenvalue weighted by atomic mass is 10.0. The number of methoxy groups -OCH3 is 4. The molecule has 7 heteroatoms. The molecule has 1 aliphatic heterocycles. The lowest BCUT2D eigenvalue weighted by Gasteiger charge is -2.18. The van der Waals surface area contributed by atoms with Crippen molar-refractivity contribution in [2.24, 2.45) is 0 Å². The third kappa shape index (κ3) is 3.93. The summed E-state index contributed by atoms with van der Waals surface area (Å²) in [5.41, 5.74) is 3.30. The first-order valence-electron chi connectivity index (χ1n) is 10.1. The van der Waals surface area contributed by atoms with E-state index >= 15 is 0 Å². The van der Waals surface area contributed by atoms with E-state index in [4.69, 9.17) is 18.9 Å². The van der Waals surface area contributed by atoms with Gasteiger partial charge in [0.05, 0.1) is 39.6 Å².